The maximum atomic E-state index is 5.77. The molecule has 1 aromatic rings. The second kappa shape index (κ2) is 4.76. The predicted octanol–water partition coefficient (Wildman–Crippen LogP) is 1.31. The fourth-order valence-corrected chi connectivity index (χ4v) is 0.874. The van der Waals surface area contributed by atoms with Crippen LogP contribution in [0.1, 0.15) is 5.56 Å². The van der Waals surface area contributed by atoms with Gasteiger partial charge < -0.3 is 5.32 Å². The quantitative estimate of drug-likeness (QED) is 0.521. The Morgan fingerprint density at radius 1 is 1.67 bits per heavy atom. The first-order valence-electron chi connectivity index (χ1n) is 3.58. The minimum absolute atomic E-state index is 0.459. The van der Waals surface area contributed by atoms with Gasteiger partial charge in [-0.15, -0.1) is 0 Å². The Hall–Kier alpha value is -1.04. The summed E-state index contributed by atoms with van der Waals surface area (Å²) in [5.41, 5.74) is 0.773. The molecule has 0 spiro atoms. The third-order valence-electron chi connectivity index (χ3n) is 1.25. The highest BCUT2D eigenvalue weighted by atomic mass is 35.5. The van der Waals surface area contributed by atoms with Crippen LogP contribution in [0.2, 0.25) is 5.15 Å². The fraction of sp³-hybridized carbons (Fsp3) is 0.222. The minimum Gasteiger partial charge on any atom is -0.309 e. The highest BCUT2D eigenvalue weighted by Gasteiger charge is 1.93. The molecule has 0 unspecified atom stereocenters. The molecular weight excluding hydrogens is 172 g/mol. The molecule has 0 radical (unpaired) electrons. The molecule has 0 aliphatic rings. The lowest BCUT2D eigenvalue weighted by Crippen LogP contribution is -2.04. The predicted molar refractivity (Wildman–Crippen MR) is 50.1 cm³/mol. The van der Waals surface area contributed by atoms with Crippen molar-refractivity contribution < 1.29 is 0 Å². The van der Waals surface area contributed by atoms with Gasteiger partial charge in [-0.05, 0) is 19.2 Å². The Morgan fingerprint density at radius 2 is 2.50 bits per heavy atom. The van der Waals surface area contributed by atoms with Crippen LogP contribution >= 0.6 is 11.6 Å². The molecular formula is C9H9ClN2. The van der Waals surface area contributed by atoms with Gasteiger partial charge in [-0.1, -0.05) is 23.4 Å². The van der Waals surface area contributed by atoms with Gasteiger partial charge in [0.25, 0.3) is 0 Å². The number of nitrogens with one attached hydrogen (secondary N) is 1. The standard InChI is InChI=1S/C9H9ClN2/c1-11-6-2-4-8-5-3-7-12-9(8)10/h3,5,7,11H,6H2,1H3. The van der Waals surface area contributed by atoms with Gasteiger partial charge in [0.2, 0.25) is 0 Å². The van der Waals surface area contributed by atoms with Crippen molar-refractivity contribution in [3.63, 3.8) is 0 Å². The number of aromatic nitrogens is 1. The van der Waals surface area contributed by atoms with Gasteiger partial charge in [0.15, 0.2) is 0 Å². The van der Waals surface area contributed by atoms with Crippen LogP contribution in [0.15, 0.2) is 18.3 Å². The van der Waals surface area contributed by atoms with E-state index >= 15 is 0 Å². The summed E-state index contributed by atoms with van der Waals surface area (Å²) in [6.07, 6.45) is 1.64. The molecule has 1 aromatic heterocycles. The molecule has 0 fully saturated rings. The van der Waals surface area contributed by atoms with Crippen LogP contribution < -0.4 is 5.32 Å². The average molecular weight is 181 g/mol. The summed E-state index contributed by atoms with van der Waals surface area (Å²) >= 11 is 5.77. The van der Waals surface area contributed by atoms with Crippen molar-refractivity contribution in [2.45, 2.75) is 0 Å². The van der Waals surface area contributed by atoms with E-state index in [1.54, 1.807) is 6.20 Å². The topological polar surface area (TPSA) is 24.9 Å². The molecule has 1 heterocycles. The summed E-state index contributed by atoms with van der Waals surface area (Å²) in [7, 11) is 1.85. The zero-order chi connectivity index (χ0) is 8.81. The van der Waals surface area contributed by atoms with Gasteiger partial charge in [0, 0.05) is 6.20 Å². The first kappa shape index (κ1) is 9.05. The lowest BCUT2D eigenvalue weighted by atomic mass is 10.3. The lowest BCUT2D eigenvalue weighted by Gasteiger charge is -1.91. The normalized spacial score (nSPS) is 8.83. The van der Waals surface area contributed by atoms with Crippen molar-refractivity contribution in [3.05, 3.63) is 29.0 Å². The molecule has 12 heavy (non-hydrogen) atoms. The molecule has 0 aliphatic heterocycles. The summed E-state index contributed by atoms with van der Waals surface area (Å²) in [6.45, 7) is 0.658. The van der Waals surface area contributed by atoms with Gasteiger partial charge in [-0.2, -0.15) is 0 Å². The van der Waals surface area contributed by atoms with E-state index in [4.69, 9.17) is 11.6 Å². The van der Waals surface area contributed by atoms with E-state index in [1.807, 2.05) is 19.2 Å². The van der Waals surface area contributed by atoms with Crippen LogP contribution in [0, 0.1) is 11.8 Å². The van der Waals surface area contributed by atoms with Crippen molar-refractivity contribution in [2.24, 2.45) is 0 Å². The van der Waals surface area contributed by atoms with E-state index in [1.165, 1.54) is 0 Å². The molecule has 0 saturated carbocycles. The number of rotatable bonds is 1. The first-order chi connectivity index (χ1) is 5.84. The summed E-state index contributed by atoms with van der Waals surface area (Å²) in [4.78, 5) is 3.90. The van der Waals surface area contributed by atoms with E-state index in [-0.39, 0.29) is 0 Å². The third-order valence-corrected chi connectivity index (χ3v) is 1.55. The van der Waals surface area contributed by atoms with Crippen LogP contribution in [-0.2, 0) is 0 Å². The van der Waals surface area contributed by atoms with Crippen molar-refractivity contribution in [1.82, 2.24) is 10.3 Å². The van der Waals surface area contributed by atoms with Crippen molar-refractivity contribution in [3.8, 4) is 11.8 Å². The molecule has 0 saturated heterocycles. The zero-order valence-corrected chi connectivity index (χ0v) is 7.52. The van der Waals surface area contributed by atoms with Gasteiger partial charge in [-0.3, -0.25) is 0 Å². The molecule has 0 atom stereocenters. The maximum absolute atomic E-state index is 5.77. The Kier molecular flexibility index (Phi) is 3.59. The Bertz CT molecular complexity index is 312. The smallest absolute Gasteiger partial charge is 0.144 e. The molecule has 3 heteroatoms. The van der Waals surface area contributed by atoms with E-state index in [2.05, 4.69) is 22.1 Å². The first-order valence-corrected chi connectivity index (χ1v) is 3.96. The van der Waals surface area contributed by atoms with E-state index < -0.39 is 0 Å². The molecule has 62 valence electrons. The van der Waals surface area contributed by atoms with Gasteiger partial charge in [-0.25, -0.2) is 4.98 Å². The number of nitrogens with zero attached hydrogens (tertiary/aromatic N) is 1. The minimum atomic E-state index is 0.459. The van der Waals surface area contributed by atoms with Crippen LogP contribution in [0.5, 0.6) is 0 Å². The molecule has 0 bridgehead atoms. The van der Waals surface area contributed by atoms with Crippen molar-refractivity contribution >= 4 is 11.6 Å². The number of halogens is 1. The van der Waals surface area contributed by atoms with Crippen LogP contribution in [0.3, 0.4) is 0 Å². The Labute approximate surface area is 77.0 Å². The van der Waals surface area contributed by atoms with Gasteiger partial charge in [0.1, 0.15) is 5.15 Å². The number of hydrogen-bond acceptors (Lipinski definition) is 2. The average Bonchev–Trinajstić information content (AvgIpc) is 2.09. The van der Waals surface area contributed by atoms with E-state index in [9.17, 15) is 0 Å². The number of hydrogen-bond donors (Lipinski definition) is 1. The van der Waals surface area contributed by atoms with E-state index in [0.29, 0.717) is 11.7 Å². The zero-order valence-electron chi connectivity index (χ0n) is 6.76. The van der Waals surface area contributed by atoms with Crippen LogP contribution in [0.4, 0.5) is 0 Å². The second-order valence-corrected chi connectivity index (χ2v) is 2.53. The highest BCUT2D eigenvalue weighted by Crippen LogP contribution is 2.08. The molecule has 2 nitrogen and oxygen atoms in total. The molecule has 1 rings (SSSR count). The molecule has 0 aromatic carbocycles. The molecule has 0 aliphatic carbocycles. The van der Waals surface area contributed by atoms with Crippen molar-refractivity contribution in [1.29, 1.82) is 0 Å². The monoisotopic (exact) mass is 180 g/mol. The summed E-state index contributed by atoms with van der Waals surface area (Å²) in [5, 5.41) is 3.38. The largest absolute Gasteiger partial charge is 0.309 e. The highest BCUT2D eigenvalue weighted by molar-refractivity contribution is 6.30. The Morgan fingerprint density at radius 3 is 3.17 bits per heavy atom. The summed E-state index contributed by atoms with van der Waals surface area (Å²) < 4.78 is 0. The molecule has 1 N–H and O–H groups in total. The van der Waals surface area contributed by atoms with Crippen LogP contribution in [0.25, 0.3) is 0 Å². The summed E-state index contributed by atoms with van der Waals surface area (Å²) in [6, 6.07) is 3.66. The van der Waals surface area contributed by atoms with E-state index in [0.717, 1.165) is 5.56 Å². The Balaban J connectivity index is 2.77. The van der Waals surface area contributed by atoms with Gasteiger partial charge >= 0.3 is 0 Å². The van der Waals surface area contributed by atoms with Crippen LogP contribution in [-0.4, -0.2) is 18.6 Å². The van der Waals surface area contributed by atoms with Crippen molar-refractivity contribution in [2.75, 3.05) is 13.6 Å². The van der Waals surface area contributed by atoms with Gasteiger partial charge in [0.05, 0.1) is 12.1 Å². The fourth-order valence-electron chi connectivity index (χ4n) is 0.707. The third kappa shape index (κ3) is 2.54. The summed E-state index contributed by atoms with van der Waals surface area (Å²) in [5.74, 6) is 5.81. The maximum Gasteiger partial charge on any atom is 0.144 e. The number of pyridine rings is 1. The SMILES string of the molecule is CNCC#Cc1cccnc1Cl. The molecule has 0 amide bonds. The second-order valence-electron chi connectivity index (χ2n) is 2.17. The lowest BCUT2D eigenvalue weighted by molar-refractivity contribution is 0.938.